The van der Waals surface area contributed by atoms with Crippen molar-refractivity contribution in [2.45, 2.75) is 39.2 Å². The normalized spacial score (nSPS) is 14.0. The molecule has 0 radical (unpaired) electrons. The topological polar surface area (TPSA) is 12.5 Å². The highest BCUT2D eigenvalue weighted by Gasteiger charge is 2.35. The van der Waals surface area contributed by atoms with Gasteiger partial charge in [0, 0.05) is 22.8 Å². The Bertz CT molecular complexity index is 970. The predicted molar refractivity (Wildman–Crippen MR) is 114 cm³/mol. The Morgan fingerprint density at radius 3 is 2.07 bits per heavy atom. The van der Waals surface area contributed by atoms with Crippen LogP contribution in [0.5, 0.6) is 5.75 Å². The first-order valence-corrected chi connectivity index (χ1v) is 9.61. The molecule has 0 saturated carbocycles. The van der Waals surface area contributed by atoms with E-state index in [2.05, 4.69) is 87.2 Å². The Morgan fingerprint density at radius 1 is 0.778 bits per heavy atom. The van der Waals surface area contributed by atoms with Crippen LogP contribution in [-0.2, 0) is 5.41 Å². The fraction of sp³-hybridized carbons (Fsp3) is 0.280. The molecule has 1 aliphatic rings. The predicted octanol–water partition coefficient (Wildman–Crippen LogP) is 6.55. The van der Waals surface area contributed by atoms with Gasteiger partial charge < -0.3 is 9.64 Å². The number of rotatable bonds is 4. The molecule has 0 heterocycles. The third-order valence-corrected chi connectivity index (χ3v) is 5.71. The summed E-state index contributed by atoms with van der Waals surface area (Å²) >= 11 is 0. The van der Waals surface area contributed by atoms with Crippen molar-refractivity contribution in [3.63, 3.8) is 0 Å². The SMILES string of the molecule is COc1ccc(N(c2ccc3c(c2)C(C)(C)c2ccccc2-3)C(C)C)cc1. The highest BCUT2D eigenvalue weighted by molar-refractivity contribution is 5.83. The highest BCUT2D eigenvalue weighted by Crippen LogP contribution is 2.49. The first-order valence-electron chi connectivity index (χ1n) is 9.61. The van der Waals surface area contributed by atoms with Gasteiger partial charge in [0.2, 0.25) is 0 Å². The summed E-state index contributed by atoms with van der Waals surface area (Å²) in [6, 6.07) is 24.4. The van der Waals surface area contributed by atoms with Crippen LogP contribution in [-0.4, -0.2) is 13.2 Å². The molecule has 0 atom stereocenters. The average molecular weight is 357 g/mol. The first kappa shape index (κ1) is 17.7. The summed E-state index contributed by atoms with van der Waals surface area (Å²) in [5.41, 5.74) is 7.97. The van der Waals surface area contributed by atoms with Gasteiger partial charge in [0.05, 0.1) is 7.11 Å². The van der Waals surface area contributed by atoms with Crippen molar-refractivity contribution < 1.29 is 4.74 Å². The maximum absolute atomic E-state index is 5.32. The smallest absolute Gasteiger partial charge is 0.119 e. The standard InChI is InChI=1S/C25H27NO/c1-17(2)26(18-10-13-20(27-5)14-11-18)19-12-15-22-21-8-6-7-9-23(21)25(3,4)24(22)16-19/h6-17H,1-5H3. The van der Waals surface area contributed by atoms with Gasteiger partial charge in [0.25, 0.3) is 0 Å². The molecule has 0 N–H and O–H groups in total. The van der Waals surface area contributed by atoms with Crippen molar-refractivity contribution in [2.75, 3.05) is 12.0 Å². The quantitative estimate of drug-likeness (QED) is 0.525. The maximum Gasteiger partial charge on any atom is 0.119 e. The lowest BCUT2D eigenvalue weighted by Gasteiger charge is -2.31. The van der Waals surface area contributed by atoms with Gasteiger partial charge in [-0.05, 0) is 72.5 Å². The lowest BCUT2D eigenvalue weighted by molar-refractivity contribution is 0.415. The van der Waals surface area contributed by atoms with Crippen LogP contribution in [0.25, 0.3) is 11.1 Å². The second kappa shape index (κ2) is 6.45. The van der Waals surface area contributed by atoms with E-state index in [0.717, 1.165) is 5.75 Å². The largest absolute Gasteiger partial charge is 0.497 e. The second-order valence-electron chi connectivity index (χ2n) is 8.06. The number of anilines is 2. The fourth-order valence-electron chi connectivity index (χ4n) is 4.33. The van der Waals surface area contributed by atoms with Crippen molar-refractivity contribution in [3.05, 3.63) is 77.9 Å². The molecule has 0 aliphatic heterocycles. The van der Waals surface area contributed by atoms with Gasteiger partial charge in [0.15, 0.2) is 0 Å². The van der Waals surface area contributed by atoms with Crippen molar-refractivity contribution in [1.82, 2.24) is 0 Å². The number of hydrogen-bond acceptors (Lipinski definition) is 2. The maximum atomic E-state index is 5.32. The summed E-state index contributed by atoms with van der Waals surface area (Å²) in [6.45, 7) is 9.12. The Morgan fingerprint density at radius 2 is 1.41 bits per heavy atom. The molecule has 0 amide bonds. The van der Waals surface area contributed by atoms with Crippen LogP contribution in [0.1, 0.15) is 38.8 Å². The fourth-order valence-corrected chi connectivity index (χ4v) is 4.33. The summed E-state index contributed by atoms with van der Waals surface area (Å²) in [4.78, 5) is 2.39. The Labute approximate surface area is 162 Å². The number of fused-ring (bicyclic) bond motifs is 3. The summed E-state index contributed by atoms with van der Waals surface area (Å²) in [6.07, 6.45) is 0. The van der Waals surface area contributed by atoms with Crippen LogP contribution in [0.2, 0.25) is 0 Å². The van der Waals surface area contributed by atoms with Crippen LogP contribution in [0, 0.1) is 0 Å². The zero-order valence-electron chi connectivity index (χ0n) is 16.8. The molecular formula is C25H27NO. The van der Waals surface area contributed by atoms with Gasteiger partial charge in [-0.3, -0.25) is 0 Å². The Hall–Kier alpha value is -2.74. The van der Waals surface area contributed by atoms with Crippen LogP contribution in [0.3, 0.4) is 0 Å². The number of hydrogen-bond donors (Lipinski definition) is 0. The third kappa shape index (κ3) is 2.80. The van der Waals surface area contributed by atoms with Gasteiger partial charge in [0.1, 0.15) is 5.75 Å². The van der Waals surface area contributed by atoms with Crippen LogP contribution < -0.4 is 9.64 Å². The Balaban J connectivity index is 1.81. The van der Waals surface area contributed by atoms with E-state index in [0.29, 0.717) is 6.04 Å². The molecule has 1 aliphatic carbocycles. The zero-order chi connectivity index (χ0) is 19.2. The first-order chi connectivity index (χ1) is 12.9. The minimum Gasteiger partial charge on any atom is -0.497 e. The van der Waals surface area contributed by atoms with Crippen molar-refractivity contribution >= 4 is 11.4 Å². The molecule has 2 heteroatoms. The van der Waals surface area contributed by atoms with E-state index >= 15 is 0 Å². The van der Waals surface area contributed by atoms with Crippen LogP contribution in [0.15, 0.2) is 66.7 Å². The van der Waals surface area contributed by atoms with E-state index in [1.165, 1.54) is 33.6 Å². The van der Waals surface area contributed by atoms with E-state index < -0.39 is 0 Å². The second-order valence-corrected chi connectivity index (χ2v) is 8.06. The Kier molecular flexibility index (Phi) is 4.22. The van der Waals surface area contributed by atoms with Crippen molar-refractivity contribution in [3.8, 4) is 16.9 Å². The lowest BCUT2D eigenvalue weighted by atomic mass is 9.82. The summed E-state index contributed by atoms with van der Waals surface area (Å²) in [5.74, 6) is 0.882. The monoisotopic (exact) mass is 357 g/mol. The van der Waals surface area contributed by atoms with Crippen LogP contribution in [0.4, 0.5) is 11.4 Å². The average Bonchev–Trinajstić information content (AvgIpc) is 2.90. The van der Waals surface area contributed by atoms with E-state index in [-0.39, 0.29) is 5.41 Å². The summed E-state index contributed by atoms with van der Waals surface area (Å²) in [7, 11) is 1.70. The molecule has 0 unspecified atom stereocenters. The highest BCUT2D eigenvalue weighted by atomic mass is 16.5. The molecule has 138 valence electrons. The summed E-state index contributed by atoms with van der Waals surface area (Å²) < 4.78 is 5.32. The van der Waals surface area contributed by atoms with Crippen molar-refractivity contribution in [2.24, 2.45) is 0 Å². The van der Waals surface area contributed by atoms with Gasteiger partial charge in [-0.2, -0.15) is 0 Å². The zero-order valence-corrected chi connectivity index (χ0v) is 16.8. The molecule has 27 heavy (non-hydrogen) atoms. The number of benzene rings is 3. The molecule has 0 bridgehead atoms. The van der Waals surface area contributed by atoms with Gasteiger partial charge in [-0.1, -0.05) is 44.2 Å². The molecule has 4 rings (SSSR count). The van der Waals surface area contributed by atoms with E-state index in [1.54, 1.807) is 7.11 Å². The van der Waals surface area contributed by atoms with Gasteiger partial charge >= 0.3 is 0 Å². The molecule has 0 fully saturated rings. The van der Waals surface area contributed by atoms with E-state index in [9.17, 15) is 0 Å². The molecule has 2 nitrogen and oxygen atoms in total. The molecule has 3 aromatic carbocycles. The summed E-state index contributed by atoms with van der Waals surface area (Å²) in [5, 5.41) is 0. The van der Waals surface area contributed by atoms with Gasteiger partial charge in [-0.25, -0.2) is 0 Å². The number of methoxy groups -OCH3 is 1. The number of nitrogens with zero attached hydrogens (tertiary/aromatic N) is 1. The minimum absolute atomic E-state index is 0.0183. The number of ether oxygens (including phenoxy) is 1. The molecular weight excluding hydrogens is 330 g/mol. The van der Waals surface area contributed by atoms with E-state index in [1.807, 2.05) is 12.1 Å². The minimum atomic E-state index is 0.0183. The molecule has 0 aromatic heterocycles. The van der Waals surface area contributed by atoms with E-state index in [4.69, 9.17) is 4.74 Å². The van der Waals surface area contributed by atoms with Crippen LogP contribution >= 0.6 is 0 Å². The molecule has 0 spiro atoms. The molecule has 0 saturated heterocycles. The van der Waals surface area contributed by atoms with Crippen molar-refractivity contribution in [1.29, 1.82) is 0 Å². The van der Waals surface area contributed by atoms with Gasteiger partial charge in [-0.15, -0.1) is 0 Å². The lowest BCUT2D eigenvalue weighted by Crippen LogP contribution is -2.26. The molecule has 3 aromatic rings. The third-order valence-electron chi connectivity index (χ3n) is 5.71.